The molecule has 7 heteroatoms. The lowest BCUT2D eigenvalue weighted by atomic mass is 10.0. The van der Waals surface area contributed by atoms with Gasteiger partial charge in [-0.05, 0) is 17.7 Å². The molecule has 1 aliphatic rings. The van der Waals surface area contributed by atoms with E-state index in [1.807, 2.05) is 59.5 Å². The fraction of sp³-hybridized carbons (Fsp3) is 0.227. The Bertz CT molecular complexity index is 1130. The minimum absolute atomic E-state index is 0.0352. The summed E-state index contributed by atoms with van der Waals surface area (Å²) in [5.41, 5.74) is 0.773. The highest BCUT2D eigenvalue weighted by Gasteiger charge is 2.34. The summed E-state index contributed by atoms with van der Waals surface area (Å²) in [5.74, 6) is 0.0598. The van der Waals surface area contributed by atoms with Crippen LogP contribution in [0.3, 0.4) is 0 Å². The minimum atomic E-state index is -3.06. The molecule has 0 aliphatic carbocycles. The number of halogens is 1. The second kappa shape index (κ2) is 8.14. The van der Waals surface area contributed by atoms with Crippen molar-refractivity contribution in [2.75, 3.05) is 24.6 Å². The Kier molecular flexibility index (Phi) is 5.58. The molecule has 0 spiro atoms. The van der Waals surface area contributed by atoms with E-state index in [0.717, 1.165) is 16.3 Å². The molecule has 0 radical (unpaired) electrons. The first-order valence-electron chi connectivity index (χ1n) is 9.33. The molecule has 0 N–H and O–H groups in total. The molecule has 29 heavy (non-hydrogen) atoms. The van der Waals surface area contributed by atoms with Crippen molar-refractivity contribution in [1.29, 1.82) is 0 Å². The number of hydrogen-bond donors (Lipinski definition) is 0. The van der Waals surface area contributed by atoms with Gasteiger partial charge >= 0.3 is 5.97 Å². The van der Waals surface area contributed by atoms with Gasteiger partial charge in [-0.2, -0.15) is 0 Å². The number of benzene rings is 3. The Morgan fingerprint density at radius 2 is 1.52 bits per heavy atom. The van der Waals surface area contributed by atoms with Gasteiger partial charge in [0.1, 0.15) is 11.8 Å². The van der Waals surface area contributed by atoms with E-state index in [1.165, 1.54) is 0 Å². The van der Waals surface area contributed by atoms with Crippen molar-refractivity contribution in [2.45, 2.75) is 6.04 Å². The standard InChI is InChI=1S/C22H20ClNO4S/c23-19-10-11-20(18-9-5-4-8-17(18)19)28-22(25)21(16-6-2-1-3-7-16)24-12-14-29(26,27)15-13-24/h1-11,21H,12-15H2. The Labute approximate surface area is 174 Å². The SMILES string of the molecule is O=C(Oc1ccc(Cl)c2ccccc12)C(c1ccccc1)N1CCS(=O)(=O)CC1. The highest BCUT2D eigenvalue weighted by atomic mass is 35.5. The van der Waals surface area contributed by atoms with Crippen LogP contribution in [-0.4, -0.2) is 43.9 Å². The molecule has 1 aliphatic heterocycles. The predicted molar refractivity (Wildman–Crippen MR) is 114 cm³/mol. The summed E-state index contributed by atoms with van der Waals surface area (Å²) in [6.07, 6.45) is 0. The van der Waals surface area contributed by atoms with E-state index in [-0.39, 0.29) is 11.5 Å². The van der Waals surface area contributed by atoms with Crippen LogP contribution in [0.5, 0.6) is 5.75 Å². The van der Waals surface area contributed by atoms with Crippen molar-refractivity contribution in [3.8, 4) is 5.75 Å². The molecular weight excluding hydrogens is 410 g/mol. The summed E-state index contributed by atoms with van der Waals surface area (Å²) in [7, 11) is -3.06. The van der Waals surface area contributed by atoms with E-state index in [1.54, 1.807) is 12.1 Å². The molecular formula is C22H20ClNO4S. The predicted octanol–water partition coefficient (Wildman–Crippen LogP) is 3.87. The number of fused-ring (bicyclic) bond motifs is 1. The van der Waals surface area contributed by atoms with E-state index in [0.29, 0.717) is 23.9 Å². The lowest BCUT2D eigenvalue weighted by molar-refractivity contribution is -0.140. The Morgan fingerprint density at radius 1 is 0.897 bits per heavy atom. The summed E-state index contributed by atoms with van der Waals surface area (Å²) < 4.78 is 29.5. The first kappa shape index (κ1) is 19.9. The summed E-state index contributed by atoms with van der Waals surface area (Å²) in [5, 5.41) is 2.14. The molecule has 1 atom stereocenters. The average molecular weight is 430 g/mol. The second-order valence-corrected chi connectivity index (χ2v) is 9.72. The third kappa shape index (κ3) is 4.29. The van der Waals surface area contributed by atoms with Crippen molar-refractivity contribution >= 4 is 38.2 Å². The number of esters is 1. The van der Waals surface area contributed by atoms with Crippen LogP contribution in [0.2, 0.25) is 5.02 Å². The van der Waals surface area contributed by atoms with Gasteiger partial charge in [0.05, 0.1) is 11.5 Å². The maximum atomic E-state index is 13.3. The largest absolute Gasteiger partial charge is 0.424 e. The molecule has 1 heterocycles. The lowest BCUT2D eigenvalue weighted by Gasteiger charge is -2.33. The normalized spacial score (nSPS) is 17.7. The maximum Gasteiger partial charge on any atom is 0.333 e. The number of carbonyl (C=O) groups is 1. The van der Waals surface area contributed by atoms with E-state index >= 15 is 0 Å². The fourth-order valence-electron chi connectivity index (χ4n) is 3.60. The van der Waals surface area contributed by atoms with E-state index in [4.69, 9.17) is 16.3 Å². The second-order valence-electron chi connectivity index (χ2n) is 7.01. The van der Waals surface area contributed by atoms with Gasteiger partial charge in [0, 0.05) is 28.9 Å². The van der Waals surface area contributed by atoms with Crippen LogP contribution in [0, 0.1) is 0 Å². The zero-order valence-electron chi connectivity index (χ0n) is 15.6. The first-order chi connectivity index (χ1) is 13.9. The Morgan fingerprint density at radius 3 is 2.21 bits per heavy atom. The highest BCUT2D eigenvalue weighted by molar-refractivity contribution is 7.91. The van der Waals surface area contributed by atoms with Gasteiger partial charge in [-0.1, -0.05) is 66.2 Å². The van der Waals surface area contributed by atoms with Crippen LogP contribution in [0.1, 0.15) is 11.6 Å². The van der Waals surface area contributed by atoms with Gasteiger partial charge in [0.15, 0.2) is 9.84 Å². The van der Waals surface area contributed by atoms with Crippen molar-refractivity contribution < 1.29 is 17.9 Å². The monoisotopic (exact) mass is 429 g/mol. The summed E-state index contributed by atoms with van der Waals surface area (Å²) >= 11 is 6.27. The van der Waals surface area contributed by atoms with Crippen molar-refractivity contribution in [2.24, 2.45) is 0 Å². The third-order valence-electron chi connectivity index (χ3n) is 5.12. The van der Waals surface area contributed by atoms with Crippen LogP contribution in [-0.2, 0) is 14.6 Å². The Balaban J connectivity index is 1.67. The summed E-state index contributed by atoms with van der Waals surface area (Å²) in [6, 6.07) is 19.5. The van der Waals surface area contributed by atoms with Crippen molar-refractivity contribution in [3.63, 3.8) is 0 Å². The van der Waals surface area contributed by atoms with E-state index in [9.17, 15) is 13.2 Å². The molecule has 0 amide bonds. The zero-order valence-corrected chi connectivity index (χ0v) is 17.2. The molecule has 3 aromatic carbocycles. The van der Waals surface area contributed by atoms with E-state index in [2.05, 4.69) is 0 Å². The van der Waals surface area contributed by atoms with Gasteiger partial charge < -0.3 is 4.74 Å². The zero-order chi connectivity index (χ0) is 20.4. The summed E-state index contributed by atoms with van der Waals surface area (Å²) in [6.45, 7) is 0.580. The van der Waals surface area contributed by atoms with Crippen molar-refractivity contribution in [1.82, 2.24) is 4.90 Å². The van der Waals surface area contributed by atoms with Crippen LogP contribution >= 0.6 is 11.6 Å². The molecule has 150 valence electrons. The van der Waals surface area contributed by atoms with Crippen molar-refractivity contribution in [3.05, 3.63) is 77.3 Å². The maximum absolute atomic E-state index is 13.3. The van der Waals surface area contributed by atoms with Crippen LogP contribution in [0.15, 0.2) is 66.7 Å². The van der Waals surface area contributed by atoms with E-state index < -0.39 is 21.8 Å². The topological polar surface area (TPSA) is 63.7 Å². The van der Waals surface area contributed by atoms with Crippen LogP contribution in [0.25, 0.3) is 10.8 Å². The number of sulfone groups is 1. The smallest absolute Gasteiger partial charge is 0.333 e. The molecule has 4 rings (SSSR count). The quantitative estimate of drug-likeness (QED) is 0.465. The Hall–Kier alpha value is -2.41. The third-order valence-corrected chi connectivity index (χ3v) is 7.06. The first-order valence-corrected chi connectivity index (χ1v) is 11.5. The lowest BCUT2D eigenvalue weighted by Crippen LogP contribution is -2.45. The number of hydrogen-bond acceptors (Lipinski definition) is 5. The molecule has 1 fully saturated rings. The molecule has 1 saturated heterocycles. The molecule has 3 aromatic rings. The van der Waals surface area contributed by atoms with Gasteiger partial charge in [-0.3, -0.25) is 4.90 Å². The molecule has 0 aromatic heterocycles. The molecule has 5 nitrogen and oxygen atoms in total. The number of carbonyl (C=O) groups excluding carboxylic acids is 1. The summed E-state index contributed by atoms with van der Waals surface area (Å²) in [4.78, 5) is 15.1. The van der Waals surface area contributed by atoms with Gasteiger partial charge in [0.2, 0.25) is 0 Å². The molecule has 1 unspecified atom stereocenters. The van der Waals surface area contributed by atoms with Gasteiger partial charge in [-0.25, -0.2) is 13.2 Å². The molecule has 0 bridgehead atoms. The van der Waals surface area contributed by atoms with Crippen LogP contribution < -0.4 is 4.74 Å². The number of rotatable bonds is 4. The van der Waals surface area contributed by atoms with Gasteiger partial charge in [-0.15, -0.1) is 0 Å². The molecule has 0 saturated carbocycles. The highest BCUT2D eigenvalue weighted by Crippen LogP contribution is 2.33. The minimum Gasteiger partial charge on any atom is -0.424 e. The van der Waals surface area contributed by atoms with Crippen LogP contribution in [0.4, 0.5) is 0 Å². The fourth-order valence-corrected chi connectivity index (χ4v) is 5.06. The van der Waals surface area contributed by atoms with Gasteiger partial charge in [0.25, 0.3) is 0 Å². The average Bonchev–Trinajstić information content (AvgIpc) is 2.72. The number of nitrogens with zero attached hydrogens (tertiary/aromatic N) is 1. The number of ether oxygens (including phenoxy) is 1.